The number of hydrogen-bond donors (Lipinski definition) is 0. The van der Waals surface area contributed by atoms with Crippen LogP contribution >= 0.6 is 0 Å². The summed E-state index contributed by atoms with van der Waals surface area (Å²) in [4.78, 5) is 0. The van der Waals surface area contributed by atoms with Crippen LogP contribution in [0, 0.1) is 5.82 Å². The number of hydrogen-bond acceptors (Lipinski definition) is 0. The first-order chi connectivity index (χ1) is 4.75. The predicted molar refractivity (Wildman–Crippen MR) is 41.2 cm³/mol. The Hall–Kier alpha value is -0.785. The van der Waals surface area contributed by atoms with Crippen LogP contribution in [0.5, 0.6) is 0 Å². The van der Waals surface area contributed by atoms with Crippen molar-refractivity contribution in [2.24, 2.45) is 0 Å². The fourth-order valence-electron chi connectivity index (χ4n) is 0.948. The molecule has 0 amide bonds. The van der Waals surface area contributed by atoms with Crippen LogP contribution in [-0.4, -0.2) is 7.85 Å². The molecule has 0 aliphatic rings. The van der Waals surface area contributed by atoms with E-state index in [1.807, 2.05) is 6.92 Å². The van der Waals surface area contributed by atoms with Crippen molar-refractivity contribution in [2.75, 3.05) is 0 Å². The molecule has 10 heavy (non-hydrogen) atoms. The maximum atomic E-state index is 12.8. The average Bonchev–Trinajstić information content (AvgIpc) is 1.88. The van der Waals surface area contributed by atoms with E-state index < -0.39 is 0 Å². The first kappa shape index (κ1) is 7.32. The maximum absolute atomic E-state index is 12.8. The van der Waals surface area contributed by atoms with E-state index in [1.165, 1.54) is 6.07 Å². The van der Waals surface area contributed by atoms with Gasteiger partial charge in [-0.1, -0.05) is 24.5 Å². The van der Waals surface area contributed by atoms with Gasteiger partial charge in [0.15, 0.2) is 0 Å². The Labute approximate surface area is 61.5 Å². The number of rotatable bonds is 1. The second-order valence-corrected chi connectivity index (χ2v) is 2.16. The van der Waals surface area contributed by atoms with Gasteiger partial charge in [-0.3, -0.25) is 0 Å². The Morgan fingerprint density at radius 3 is 2.60 bits per heavy atom. The van der Waals surface area contributed by atoms with Crippen LogP contribution in [0.25, 0.3) is 0 Å². The highest BCUT2D eigenvalue weighted by molar-refractivity contribution is 6.33. The highest BCUT2D eigenvalue weighted by atomic mass is 19.1. The highest BCUT2D eigenvalue weighted by Gasteiger charge is 1.99. The molecule has 0 spiro atoms. The van der Waals surface area contributed by atoms with Crippen LogP contribution in [0.4, 0.5) is 4.39 Å². The maximum Gasteiger partial charge on any atom is 0.125 e. The molecule has 0 N–H and O–H groups in total. The Kier molecular flexibility index (Phi) is 2.10. The molecule has 50 valence electrons. The van der Waals surface area contributed by atoms with Gasteiger partial charge in [-0.05, 0) is 18.1 Å². The summed E-state index contributed by atoms with van der Waals surface area (Å²) in [6, 6.07) is 4.75. The van der Waals surface area contributed by atoms with Gasteiger partial charge in [0.1, 0.15) is 13.7 Å². The molecule has 2 radical (unpaired) electrons. The van der Waals surface area contributed by atoms with Crippen molar-refractivity contribution < 1.29 is 4.39 Å². The van der Waals surface area contributed by atoms with Gasteiger partial charge in [0.25, 0.3) is 0 Å². The molecule has 0 saturated carbocycles. The van der Waals surface area contributed by atoms with E-state index in [0.29, 0.717) is 17.4 Å². The summed E-state index contributed by atoms with van der Waals surface area (Å²) in [5.41, 5.74) is 1.16. The number of halogens is 1. The molecule has 2 heteroatoms. The Morgan fingerprint density at radius 1 is 1.50 bits per heavy atom. The fourth-order valence-corrected chi connectivity index (χ4v) is 0.948. The summed E-state index contributed by atoms with van der Waals surface area (Å²) in [6.45, 7) is 1.88. The molecule has 1 rings (SSSR count). The van der Waals surface area contributed by atoms with E-state index in [0.717, 1.165) is 0 Å². The van der Waals surface area contributed by atoms with E-state index in [2.05, 4.69) is 0 Å². The first-order valence-electron chi connectivity index (χ1n) is 3.28. The lowest BCUT2D eigenvalue weighted by Crippen LogP contribution is -2.11. The van der Waals surface area contributed by atoms with Gasteiger partial charge in [0.05, 0.1) is 0 Å². The van der Waals surface area contributed by atoms with Crippen LogP contribution in [0.15, 0.2) is 18.2 Å². The molecule has 0 saturated heterocycles. The lowest BCUT2D eigenvalue weighted by Gasteiger charge is -2.02. The standard InChI is InChI=1S/C8H8BF/c1-2-6-7(9)4-3-5-8(6)10/h3-5H,2H2,1H3. The van der Waals surface area contributed by atoms with Crippen molar-refractivity contribution in [3.05, 3.63) is 29.6 Å². The minimum absolute atomic E-state index is 0.206. The smallest absolute Gasteiger partial charge is 0.125 e. The number of benzene rings is 1. The zero-order chi connectivity index (χ0) is 7.56. The molecule has 0 bridgehead atoms. The summed E-state index contributed by atoms with van der Waals surface area (Å²) in [5, 5.41) is 0. The van der Waals surface area contributed by atoms with Crippen molar-refractivity contribution in [3.63, 3.8) is 0 Å². The van der Waals surface area contributed by atoms with Gasteiger partial charge in [0, 0.05) is 0 Å². The Bertz CT molecular complexity index is 212. The summed E-state index contributed by atoms with van der Waals surface area (Å²) < 4.78 is 12.8. The van der Waals surface area contributed by atoms with Crippen LogP contribution < -0.4 is 5.46 Å². The molecule has 1 aromatic rings. The van der Waals surface area contributed by atoms with Crippen molar-refractivity contribution in [2.45, 2.75) is 13.3 Å². The van der Waals surface area contributed by atoms with Gasteiger partial charge in [-0.2, -0.15) is 0 Å². The Morgan fingerprint density at radius 2 is 2.20 bits per heavy atom. The van der Waals surface area contributed by atoms with Crippen molar-refractivity contribution in [1.82, 2.24) is 0 Å². The summed E-state index contributed by atoms with van der Waals surface area (Å²) >= 11 is 0. The Balaban J connectivity index is 3.17. The van der Waals surface area contributed by atoms with Gasteiger partial charge in [-0.25, -0.2) is 4.39 Å². The third-order valence-electron chi connectivity index (χ3n) is 1.51. The first-order valence-corrected chi connectivity index (χ1v) is 3.28. The molecular weight excluding hydrogens is 126 g/mol. The minimum atomic E-state index is -0.206. The molecule has 0 nitrogen and oxygen atoms in total. The molecule has 1 aromatic carbocycles. The lowest BCUT2D eigenvalue weighted by molar-refractivity contribution is 0.614. The molecule has 0 fully saturated rings. The van der Waals surface area contributed by atoms with E-state index >= 15 is 0 Å². The van der Waals surface area contributed by atoms with Crippen LogP contribution in [0.1, 0.15) is 12.5 Å². The van der Waals surface area contributed by atoms with E-state index in [-0.39, 0.29) is 5.82 Å². The average molecular weight is 134 g/mol. The van der Waals surface area contributed by atoms with E-state index in [9.17, 15) is 4.39 Å². The lowest BCUT2D eigenvalue weighted by atomic mass is 9.89. The summed E-state index contributed by atoms with van der Waals surface area (Å²) in [7, 11) is 5.49. The predicted octanol–water partition coefficient (Wildman–Crippen LogP) is 1.18. The zero-order valence-corrected chi connectivity index (χ0v) is 5.89. The van der Waals surface area contributed by atoms with Crippen molar-refractivity contribution in [3.8, 4) is 0 Å². The monoisotopic (exact) mass is 134 g/mol. The van der Waals surface area contributed by atoms with Gasteiger partial charge < -0.3 is 0 Å². The molecule has 0 atom stereocenters. The summed E-state index contributed by atoms with van der Waals surface area (Å²) in [6.07, 6.45) is 0.651. The molecular formula is C8H8BF. The largest absolute Gasteiger partial charge is 0.207 e. The zero-order valence-electron chi connectivity index (χ0n) is 5.89. The topological polar surface area (TPSA) is 0 Å². The van der Waals surface area contributed by atoms with Gasteiger partial charge in [0.2, 0.25) is 0 Å². The molecule has 0 aliphatic carbocycles. The van der Waals surface area contributed by atoms with E-state index in [4.69, 9.17) is 7.85 Å². The van der Waals surface area contributed by atoms with Crippen LogP contribution in [-0.2, 0) is 6.42 Å². The molecule has 0 unspecified atom stereocenters. The van der Waals surface area contributed by atoms with Crippen LogP contribution in [0.2, 0.25) is 0 Å². The second kappa shape index (κ2) is 2.87. The second-order valence-electron chi connectivity index (χ2n) is 2.16. The quantitative estimate of drug-likeness (QED) is 0.506. The van der Waals surface area contributed by atoms with Gasteiger partial charge in [-0.15, -0.1) is 0 Å². The summed E-state index contributed by atoms with van der Waals surface area (Å²) in [5.74, 6) is -0.206. The SMILES string of the molecule is [B]c1cccc(F)c1CC. The third-order valence-corrected chi connectivity index (χ3v) is 1.51. The molecule has 0 aromatic heterocycles. The van der Waals surface area contributed by atoms with Crippen molar-refractivity contribution >= 4 is 13.3 Å². The minimum Gasteiger partial charge on any atom is -0.207 e. The molecule has 0 aliphatic heterocycles. The normalized spacial score (nSPS) is 9.80. The van der Waals surface area contributed by atoms with Crippen LogP contribution in [0.3, 0.4) is 0 Å². The van der Waals surface area contributed by atoms with Crippen molar-refractivity contribution in [1.29, 1.82) is 0 Å². The van der Waals surface area contributed by atoms with Gasteiger partial charge >= 0.3 is 0 Å². The third kappa shape index (κ3) is 1.20. The molecule has 0 heterocycles. The fraction of sp³-hybridized carbons (Fsp3) is 0.250. The highest BCUT2D eigenvalue weighted by Crippen LogP contribution is 2.02. The van der Waals surface area contributed by atoms with E-state index in [1.54, 1.807) is 12.1 Å².